The molecule has 0 amide bonds. The first kappa shape index (κ1) is 15.4. The van der Waals surface area contributed by atoms with E-state index in [-0.39, 0.29) is 0 Å². The lowest BCUT2D eigenvalue weighted by Gasteiger charge is -2.33. The summed E-state index contributed by atoms with van der Waals surface area (Å²) in [7, 11) is -3.49. The number of sulfonamides is 1. The molecular formula is C12H20N2O2S2. The average molecular weight is 288 g/mol. The third kappa shape index (κ3) is 3.20. The maximum atomic E-state index is 12.5. The first-order valence-corrected chi connectivity index (χ1v) is 7.96. The third-order valence-electron chi connectivity index (χ3n) is 2.46. The quantitative estimate of drug-likeness (QED) is 0.845. The predicted octanol–water partition coefficient (Wildman–Crippen LogP) is 2.18. The largest absolute Gasteiger partial charge is 0.326 e. The van der Waals surface area contributed by atoms with E-state index >= 15 is 0 Å². The van der Waals surface area contributed by atoms with Crippen LogP contribution < -0.4 is 5.73 Å². The van der Waals surface area contributed by atoms with E-state index in [2.05, 4.69) is 6.58 Å². The molecule has 0 aliphatic rings. The van der Waals surface area contributed by atoms with Gasteiger partial charge in [-0.3, -0.25) is 0 Å². The van der Waals surface area contributed by atoms with Crippen LogP contribution in [-0.4, -0.2) is 24.8 Å². The van der Waals surface area contributed by atoms with Crippen LogP contribution in [0.5, 0.6) is 0 Å². The Kier molecular flexibility index (Phi) is 4.72. The topological polar surface area (TPSA) is 63.4 Å². The maximum absolute atomic E-state index is 12.5. The Morgan fingerprint density at radius 2 is 2.11 bits per heavy atom. The van der Waals surface area contributed by atoms with Gasteiger partial charge in [0.1, 0.15) is 0 Å². The molecule has 1 rings (SSSR count). The minimum absolute atomic E-state index is 0.291. The zero-order valence-corrected chi connectivity index (χ0v) is 12.6. The Morgan fingerprint density at radius 1 is 1.50 bits per heavy atom. The molecule has 0 saturated carbocycles. The summed E-state index contributed by atoms with van der Waals surface area (Å²) in [5.74, 6) is 0. The van der Waals surface area contributed by atoms with Gasteiger partial charge in [0.15, 0.2) is 0 Å². The number of thiophene rings is 1. The van der Waals surface area contributed by atoms with Gasteiger partial charge in [-0.25, -0.2) is 8.42 Å². The van der Waals surface area contributed by atoms with Crippen LogP contribution in [0, 0.1) is 0 Å². The Bertz CT molecular complexity index is 512. The van der Waals surface area contributed by atoms with Crippen LogP contribution >= 0.6 is 11.3 Å². The lowest BCUT2D eigenvalue weighted by atomic mass is 10.1. The summed E-state index contributed by atoms with van der Waals surface area (Å²) >= 11 is 1.37. The van der Waals surface area contributed by atoms with Crippen molar-refractivity contribution in [2.24, 2.45) is 5.73 Å². The summed E-state index contributed by atoms with van der Waals surface area (Å²) in [6, 6.07) is 1.64. The Balaban J connectivity index is 3.21. The number of nitrogens with zero attached hydrogens (tertiary/aromatic N) is 1. The van der Waals surface area contributed by atoms with Gasteiger partial charge < -0.3 is 5.73 Å². The molecule has 0 saturated heterocycles. The molecule has 0 aliphatic heterocycles. The van der Waals surface area contributed by atoms with Gasteiger partial charge >= 0.3 is 0 Å². The summed E-state index contributed by atoms with van der Waals surface area (Å²) in [6.45, 7) is 9.86. The Labute approximate surface area is 113 Å². The molecule has 0 radical (unpaired) electrons. The molecule has 2 N–H and O–H groups in total. The van der Waals surface area contributed by atoms with Crippen molar-refractivity contribution in [3.05, 3.63) is 29.0 Å². The summed E-state index contributed by atoms with van der Waals surface area (Å²) in [4.78, 5) is 1.17. The van der Waals surface area contributed by atoms with E-state index in [9.17, 15) is 8.42 Å². The van der Waals surface area contributed by atoms with Gasteiger partial charge in [0.05, 0.1) is 4.90 Å². The highest BCUT2D eigenvalue weighted by molar-refractivity contribution is 7.89. The van der Waals surface area contributed by atoms with Crippen LogP contribution in [0.15, 0.2) is 29.0 Å². The monoisotopic (exact) mass is 288 g/mol. The van der Waals surface area contributed by atoms with Crippen molar-refractivity contribution >= 4 is 21.4 Å². The first-order chi connectivity index (χ1) is 8.23. The van der Waals surface area contributed by atoms with Gasteiger partial charge in [0.25, 0.3) is 0 Å². The Hall–Kier alpha value is -0.690. The van der Waals surface area contributed by atoms with Crippen molar-refractivity contribution in [3.63, 3.8) is 0 Å². The van der Waals surface area contributed by atoms with Crippen LogP contribution in [0.3, 0.4) is 0 Å². The van der Waals surface area contributed by atoms with Gasteiger partial charge in [-0.1, -0.05) is 6.08 Å². The number of rotatable bonds is 5. The molecule has 0 atom stereocenters. The zero-order valence-electron chi connectivity index (χ0n) is 11.0. The van der Waals surface area contributed by atoms with E-state index in [0.717, 1.165) is 4.88 Å². The fourth-order valence-electron chi connectivity index (χ4n) is 1.58. The molecule has 18 heavy (non-hydrogen) atoms. The van der Waals surface area contributed by atoms with Gasteiger partial charge in [0.2, 0.25) is 10.0 Å². The van der Waals surface area contributed by atoms with E-state index in [1.165, 1.54) is 15.6 Å². The van der Waals surface area contributed by atoms with Crippen LogP contribution in [0.4, 0.5) is 0 Å². The highest BCUT2D eigenvalue weighted by atomic mass is 32.2. The molecule has 0 aromatic carbocycles. The minimum Gasteiger partial charge on any atom is -0.326 e. The standard InChI is InChI=1S/C12H20N2O2S2/c1-5-6-14(12(2,3)4)18(15,16)11-7-10(8-13)17-9-11/h5,7,9H,1,6,8,13H2,2-4H3. The van der Waals surface area contributed by atoms with Gasteiger partial charge in [0, 0.05) is 28.9 Å². The minimum atomic E-state index is -3.49. The van der Waals surface area contributed by atoms with Crippen molar-refractivity contribution in [3.8, 4) is 0 Å². The summed E-state index contributed by atoms with van der Waals surface area (Å²) in [6.07, 6.45) is 1.60. The van der Waals surface area contributed by atoms with Gasteiger partial charge in [-0.05, 0) is 26.8 Å². The molecule has 1 heterocycles. The van der Waals surface area contributed by atoms with E-state index in [1.54, 1.807) is 17.5 Å². The fourth-order valence-corrected chi connectivity index (χ4v) is 4.48. The lowest BCUT2D eigenvalue weighted by Crippen LogP contribution is -2.45. The van der Waals surface area contributed by atoms with Crippen LogP contribution in [0.1, 0.15) is 25.6 Å². The first-order valence-electron chi connectivity index (χ1n) is 5.64. The fraction of sp³-hybridized carbons (Fsp3) is 0.500. The second-order valence-electron chi connectivity index (χ2n) is 4.95. The highest BCUT2D eigenvalue weighted by Gasteiger charge is 2.33. The molecule has 4 nitrogen and oxygen atoms in total. The number of hydrogen-bond donors (Lipinski definition) is 1. The average Bonchev–Trinajstić information content (AvgIpc) is 2.73. The SMILES string of the molecule is C=CCN(C(C)(C)C)S(=O)(=O)c1csc(CN)c1. The molecule has 1 aromatic rings. The molecule has 102 valence electrons. The van der Waals surface area contributed by atoms with E-state index < -0.39 is 15.6 Å². The van der Waals surface area contributed by atoms with E-state index in [4.69, 9.17) is 5.73 Å². The van der Waals surface area contributed by atoms with E-state index in [1.807, 2.05) is 20.8 Å². The summed E-state index contributed by atoms with van der Waals surface area (Å²) < 4.78 is 26.5. The third-order valence-corrected chi connectivity index (χ3v) is 5.68. The van der Waals surface area contributed by atoms with Gasteiger partial charge in [-0.2, -0.15) is 4.31 Å². The van der Waals surface area contributed by atoms with Crippen LogP contribution in [-0.2, 0) is 16.6 Å². The number of nitrogens with two attached hydrogens (primary N) is 1. The van der Waals surface area contributed by atoms with Crippen molar-refractivity contribution in [2.45, 2.75) is 37.8 Å². The van der Waals surface area contributed by atoms with Crippen molar-refractivity contribution in [2.75, 3.05) is 6.54 Å². The summed E-state index contributed by atoms with van der Waals surface area (Å²) in [5.41, 5.74) is 5.02. The normalized spacial score (nSPS) is 12.9. The van der Waals surface area contributed by atoms with Gasteiger partial charge in [-0.15, -0.1) is 17.9 Å². The second kappa shape index (κ2) is 5.52. The highest BCUT2D eigenvalue weighted by Crippen LogP contribution is 2.27. The maximum Gasteiger partial charge on any atom is 0.244 e. The molecule has 0 fully saturated rings. The molecule has 0 aliphatic carbocycles. The van der Waals surface area contributed by atoms with Crippen molar-refractivity contribution in [1.29, 1.82) is 0 Å². The molecule has 0 spiro atoms. The molecule has 1 aromatic heterocycles. The molecular weight excluding hydrogens is 268 g/mol. The molecule has 0 bridgehead atoms. The summed E-state index contributed by atoms with van der Waals surface area (Å²) in [5, 5.41) is 1.64. The zero-order chi connectivity index (χ0) is 14.0. The van der Waals surface area contributed by atoms with E-state index in [0.29, 0.717) is 18.0 Å². The predicted molar refractivity (Wildman–Crippen MR) is 76.1 cm³/mol. The number of hydrogen-bond acceptors (Lipinski definition) is 4. The van der Waals surface area contributed by atoms with Crippen molar-refractivity contribution in [1.82, 2.24) is 4.31 Å². The van der Waals surface area contributed by atoms with Crippen molar-refractivity contribution < 1.29 is 8.42 Å². The lowest BCUT2D eigenvalue weighted by molar-refractivity contribution is 0.270. The second-order valence-corrected chi connectivity index (χ2v) is 7.81. The molecule has 0 unspecified atom stereocenters. The van der Waals surface area contributed by atoms with Crippen LogP contribution in [0.2, 0.25) is 0 Å². The smallest absolute Gasteiger partial charge is 0.244 e. The molecule has 6 heteroatoms. The Morgan fingerprint density at radius 3 is 2.50 bits per heavy atom. The van der Waals surface area contributed by atoms with Crippen LogP contribution in [0.25, 0.3) is 0 Å².